The second-order valence-corrected chi connectivity index (χ2v) is 11.7. The van der Waals surface area contributed by atoms with Gasteiger partial charge in [-0.3, -0.25) is 4.90 Å². The zero-order valence-electron chi connectivity index (χ0n) is 21.2. The Bertz CT molecular complexity index is 1470. The van der Waals surface area contributed by atoms with E-state index in [2.05, 4.69) is 39.8 Å². The fraction of sp³-hybridized carbons (Fsp3) is 0.167. The van der Waals surface area contributed by atoms with Crippen molar-refractivity contribution < 1.29 is 13.2 Å². The molecule has 1 aliphatic heterocycles. The Hall–Kier alpha value is -3.69. The summed E-state index contributed by atoms with van der Waals surface area (Å²) < 4.78 is 28.3. The van der Waals surface area contributed by atoms with Crippen LogP contribution in [-0.2, 0) is 10.0 Å². The number of rotatable bonds is 7. The Kier molecular flexibility index (Phi) is 8.28. The van der Waals surface area contributed by atoms with E-state index in [-0.39, 0.29) is 10.9 Å². The number of nitrogens with one attached hydrogen (secondary N) is 2. The van der Waals surface area contributed by atoms with Crippen molar-refractivity contribution in [3.63, 3.8) is 0 Å². The topological polar surface area (TPSA) is 81.8 Å². The second-order valence-electron chi connectivity index (χ2n) is 9.28. The summed E-state index contributed by atoms with van der Waals surface area (Å²) in [5.74, 6) is 0. The molecule has 0 spiro atoms. The number of urea groups is 1. The molecule has 4 aromatic rings. The summed E-state index contributed by atoms with van der Waals surface area (Å²) in [5.41, 5.74) is 3.40. The van der Waals surface area contributed by atoms with Crippen molar-refractivity contribution in [1.29, 1.82) is 0 Å². The number of hydrogen-bond acceptors (Lipinski definition) is 4. The average Bonchev–Trinajstić information content (AvgIpc) is 2.95. The van der Waals surface area contributed by atoms with Gasteiger partial charge in [-0.2, -0.15) is 4.31 Å². The molecule has 39 heavy (non-hydrogen) atoms. The number of anilines is 2. The van der Waals surface area contributed by atoms with Crippen molar-refractivity contribution in [1.82, 2.24) is 9.21 Å². The van der Waals surface area contributed by atoms with Gasteiger partial charge in [-0.15, -0.1) is 0 Å². The minimum Gasteiger partial charge on any atom is -0.308 e. The van der Waals surface area contributed by atoms with Crippen LogP contribution in [0.1, 0.15) is 17.2 Å². The van der Waals surface area contributed by atoms with E-state index in [0.29, 0.717) is 42.6 Å². The Morgan fingerprint density at radius 3 is 1.82 bits per heavy atom. The molecule has 5 rings (SSSR count). The van der Waals surface area contributed by atoms with Crippen LogP contribution in [0.4, 0.5) is 16.2 Å². The Labute approximate surface area is 234 Å². The van der Waals surface area contributed by atoms with E-state index in [0.717, 1.165) is 0 Å². The number of carbonyl (C=O) groups excluding carboxylic acids is 1. The van der Waals surface area contributed by atoms with Gasteiger partial charge in [0.05, 0.1) is 10.9 Å². The molecule has 0 saturated carbocycles. The average molecular weight is 561 g/mol. The predicted octanol–water partition coefficient (Wildman–Crippen LogP) is 6.08. The maximum absolute atomic E-state index is 13.4. The first-order chi connectivity index (χ1) is 18.9. The SMILES string of the molecule is O=C(Nc1ccc(S(=O)(=O)N2CCN(C(c3ccccc3)c3ccccc3)CC2)cc1)Nc1cccc(Cl)c1. The molecule has 9 heteroatoms. The van der Waals surface area contributed by atoms with Gasteiger partial charge in [0.15, 0.2) is 0 Å². The van der Waals surface area contributed by atoms with Crippen LogP contribution in [0.5, 0.6) is 0 Å². The smallest absolute Gasteiger partial charge is 0.308 e. The highest BCUT2D eigenvalue weighted by molar-refractivity contribution is 7.89. The normalized spacial score (nSPS) is 14.7. The third kappa shape index (κ3) is 6.49. The molecule has 0 bridgehead atoms. The number of amides is 2. The monoisotopic (exact) mass is 560 g/mol. The fourth-order valence-corrected chi connectivity index (χ4v) is 6.42. The molecule has 4 aromatic carbocycles. The van der Waals surface area contributed by atoms with E-state index in [1.165, 1.54) is 27.6 Å². The van der Waals surface area contributed by atoms with Crippen molar-refractivity contribution in [2.24, 2.45) is 0 Å². The van der Waals surface area contributed by atoms with Crippen LogP contribution in [-0.4, -0.2) is 49.8 Å². The van der Waals surface area contributed by atoms with E-state index >= 15 is 0 Å². The van der Waals surface area contributed by atoms with Crippen molar-refractivity contribution in [2.75, 3.05) is 36.8 Å². The maximum atomic E-state index is 13.4. The van der Waals surface area contributed by atoms with E-state index < -0.39 is 16.1 Å². The third-order valence-corrected chi connectivity index (χ3v) is 8.85. The lowest BCUT2D eigenvalue weighted by atomic mass is 9.96. The lowest BCUT2D eigenvalue weighted by Crippen LogP contribution is -2.49. The number of benzene rings is 4. The molecule has 1 heterocycles. The molecule has 1 aliphatic rings. The van der Waals surface area contributed by atoms with Gasteiger partial charge in [0.2, 0.25) is 10.0 Å². The molecule has 1 saturated heterocycles. The number of hydrogen-bond donors (Lipinski definition) is 2. The van der Waals surface area contributed by atoms with Crippen LogP contribution in [0, 0.1) is 0 Å². The Morgan fingerprint density at radius 1 is 0.692 bits per heavy atom. The minimum atomic E-state index is -3.68. The summed E-state index contributed by atoms with van der Waals surface area (Å²) in [6.07, 6.45) is 0. The summed E-state index contributed by atoms with van der Waals surface area (Å²) in [6.45, 7) is 2.00. The first-order valence-electron chi connectivity index (χ1n) is 12.7. The standard InChI is InChI=1S/C30H29ClN4O3S/c31-25-12-7-13-27(22-25)33-30(36)32-26-14-16-28(17-15-26)39(37,38)35-20-18-34(19-21-35)29(23-8-3-1-4-9-23)24-10-5-2-6-11-24/h1-17,22,29H,18-21H2,(H2,32,33,36). The van der Waals surface area contributed by atoms with Crippen LogP contribution >= 0.6 is 11.6 Å². The number of nitrogens with zero attached hydrogens (tertiary/aromatic N) is 2. The van der Waals surface area contributed by atoms with Gasteiger partial charge in [-0.1, -0.05) is 78.3 Å². The predicted molar refractivity (Wildman–Crippen MR) is 156 cm³/mol. The molecule has 200 valence electrons. The van der Waals surface area contributed by atoms with Crippen molar-refractivity contribution in [3.8, 4) is 0 Å². The summed E-state index contributed by atoms with van der Waals surface area (Å²) in [7, 11) is -3.68. The van der Waals surface area contributed by atoms with Crippen LogP contribution in [0.2, 0.25) is 5.02 Å². The highest BCUT2D eigenvalue weighted by Gasteiger charge is 2.32. The summed E-state index contributed by atoms with van der Waals surface area (Å²) >= 11 is 5.96. The molecule has 0 radical (unpaired) electrons. The van der Waals surface area contributed by atoms with Gasteiger partial charge >= 0.3 is 6.03 Å². The molecule has 0 aliphatic carbocycles. The zero-order chi connectivity index (χ0) is 27.2. The van der Waals surface area contributed by atoms with Gasteiger partial charge in [0.25, 0.3) is 0 Å². The molecule has 1 fully saturated rings. The molecule has 0 atom stereocenters. The highest BCUT2D eigenvalue weighted by atomic mass is 35.5. The maximum Gasteiger partial charge on any atom is 0.323 e. The van der Waals surface area contributed by atoms with Gasteiger partial charge in [-0.25, -0.2) is 13.2 Å². The van der Waals surface area contributed by atoms with Crippen LogP contribution in [0.25, 0.3) is 0 Å². The highest BCUT2D eigenvalue weighted by Crippen LogP contribution is 2.30. The van der Waals surface area contributed by atoms with Gasteiger partial charge < -0.3 is 10.6 Å². The molecule has 2 amide bonds. The number of sulfonamides is 1. The number of carbonyl (C=O) groups is 1. The van der Waals surface area contributed by atoms with E-state index in [4.69, 9.17) is 11.6 Å². The van der Waals surface area contributed by atoms with Crippen molar-refractivity contribution >= 4 is 39.0 Å². The number of halogens is 1. The summed E-state index contributed by atoms with van der Waals surface area (Å²) in [6, 6.07) is 33.2. The first-order valence-corrected chi connectivity index (χ1v) is 14.5. The third-order valence-electron chi connectivity index (χ3n) is 6.70. The minimum absolute atomic E-state index is 0.0562. The van der Waals surface area contributed by atoms with Crippen molar-refractivity contribution in [2.45, 2.75) is 10.9 Å². The largest absolute Gasteiger partial charge is 0.323 e. The van der Waals surface area contributed by atoms with Crippen LogP contribution < -0.4 is 10.6 Å². The first kappa shape index (κ1) is 26.9. The zero-order valence-corrected chi connectivity index (χ0v) is 22.8. The van der Waals surface area contributed by atoms with Crippen LogP contribution in [0.3, 0.4) is 0 Å². The Balaban J connectivity index is 1.23. The summed E-state index contributed by atoms with van der Waals surface area (Å²) in [4.78, 5) is 14.8. The molecule has 0 unspecified atom stereocenters. The fourth-order valence-electron chi connectivity index (χ4n) is 4.81. The molecule has 0 aromatic heterocycles. The van der Waals surface area contributed by atoms with Crippen molar-refractivity contribution in [3.05, 3.63) is 125 Å². The van der Waals surface area contributed by atoms with E-state index in [9.17, 15) is 13.2 Å². The van der Waals surface area contributed by atoms with E-state index in [1.54, 1.807) is 36.4 Å². The molecule has 7 nitrogen and oxygen atoms in total. The van der Waals surface area contributed by atoms with Gasteiger partial charge in [-0.05, 0) is 53.6 Å². The molecular weight excluding hydrogens is 532 g/mol. The summed E-state index contributed by atoms with van der Waals surface area (Å²) in [5, 5.41) is 5.92. The van der Waals surface area contributed by atoms with Crippen LogP contribution in [0.15, 0.2) is 114 Å². The quantitative estimate of drug-likeness (QED) is 0.287. The van der Waals surface area contributed by atoms with Gasteiger partial charge in [0, 0.05) is 42.6 Å². The van der Waals surface area contributed by atoms with E-state index in [1.807, 2.05) is 36.4 Å². The molecular formula is C30H29ClN4O3S. The lowest BCUT2D eigenvalue weighted by Gasteiger charge is -2.39. The Morgan fingerprint density at radius 2 is 1.26 bits per heavy atom. The molecule has 2 N–H and O–H groups in total. The number of piperazine rings is 1. The second kappa shape index (κ2) is 12.0. The van der Waals surface area contributed by atoms with Gasteiger partial charge in [0.1, 0.15) is 0 Å². The lowest BCUT2D eigenvalue weighted by molar-refractivity contribution is 0.156.